The van der Waals surface area contributed by atoms with E-state index in [0.717, 1.165) is 75.3 Å². The van der Waals surface area contributed by atoms with Gasteiger partial charge in [0.25, 0.3) is 0 Å². The Bertz CT molecular complexity index is 1830. The summed E-state index contributed by atoms with van der Waals surface area (Å²) in [5.74, 6) is 0. The second-order valence-electron chi connectivity index (χ2n) is 16.7. The maximum absolute atomic E-state index is 11.9. The fraction of sp³-hybridized carbons (Fsp3) is 0.457. The molecule has 6 rings (SSSR count). The molecule has 2 amide bonds. The van der Waals surface area contributed by atoms with Gasteiger partial charge in [0, 0.05) is 69.5 Å². The minimum absolute atomic E-state index is 0. The van der Waals surface area contributed by atoms with E-state index < -0.39 is 11.2 Å². The molecule has 0 aliphatic heterocycles. The molecule has 2 aliphatic carbocycles. The number of benzene rings is 2. The molecule has 11 nitrogen and oxygen atoms in total. The Kier molecular flexibility index (Phi) is 22.1. The van der Waals surface area contributed by atoms with Gasteiger partial charge in [0.1, 0.15) is 17.5 Å². The molecule has 2 fully saturated rings. The van der Waals surface area contributed by atoms with Gasteiger partial charge in [0.2, 0.25) is 0 Å². The molecule has 4 aromatic rings. The van der Waals surface area contributed by atoms with Crippen molar-refractivity contribution in [2.75, 3.05) is 0 Å². The smallest absolute Gasteiger partial charge is 1.00 e. The van der Waals surface area contributed by atoms with Crippen molar-refractivity contribution in [3.8, 4) is 22.3 Å². The van der Waals surface area contributed by atoms with Gasteiger partial charge in [-0.25, -0.2) is 9.59 Å². The molecule has 2 aromatic carbocycles. The van der Waals surface area contributed by atoms with Crippen molar-refractivity contribution in [2.24, 2.45) is 5.73 Å². The molecule has 3 radical (unpaired) electrons. The predicted octanol–water partition coefficient (Wildman–Crippen LogP) is 5.75. The molecule has 0 unspecified atom stereocenters. The molecule has 5 N–H and O–H groups in total. The second kappa shape index (κ2) is 25.5. The van der Waals surface area contributed by atoms with Crippen LogP contribution in [0.5, 0.6) is 0 Å². The van der Waals surface area contributed by atoms with Crippen LogP contribution in [0, 0.1) is 0 Å². The first-order valence-corrected chi connectivity index (χ1v) is 20.1. The second-order valence-corrected chi connectivity index (χ2v) is 16.7. The zero-order valence-electron chi connectivity index (χ0n) is 37.1. The quantitative estimate of drug-likeness (QED) is 0.129. The number of alkyl carbamates (subject to hydrolysis) is 2. The van der Waals surface area contributed by atoms with E-state index in [4.69, 9.17) is 15.2 Å². The Hall–Kier alpha value is -4.07. The van der Waals surface area contributed by atoms with Crippen LogP contribution in [0.4, 0.5) is 9.59 Å². The summed E-state index contributed by atoms with van der Waals surface area (Å²) < 4.78 is 10.5. The number of carbonyl (C=O) groups is 3. The van der Waals surface area contributed by atoms with Crippen molar-refractivity contribution in [2.45, 2.75) is 135 Å². The standard InChI is InChI=1S/C23H31N3O2.C12H9NO.C11H22N2O2.B.Na.H/c1-23(2,3)28-22(27)26-21-9-7-20(8-10-21)25-16-17-5-4-6-19(15-17)18-11-13-24-14-12-18;14-9-10-2-1-3-12(8-10)11-4-6-13-7-5-11;1-11(2,3)15-10(14)13-9-6-4-8(12)5-7-9;;;/h4-6,11-15,20-21,25H,7-10,16H2,1-3H3,(H,26,27);1-9H;8-9H,4-7,12H2,1-3H3,(H,13,14);;;/q;;;;+1;-1. The zero-order valence-corrected chi connectivity index (χ0v) is 38.1. The molecule has 13 heteroatoms. The van der Waals surface area contributed by atoms with E-state index in [9.17, 15) is 14.4 Å². The summed E-state index contributed by atoms with van der Waals surface area (Å²) in [5, 5.41) is 9.55. The maximum Gasteiger partial charge on any atom is 1.00 e. The first-order valence-electron chi connectivity index (χ1n) is 20.1. The van der Waals surface area contributed by atoms with Crippen molar-refractivity contribution >= 4 is 26.9 Å². The predicted molar refractivity (Wildman–Crippen MR) is 233 cm³/mol. The number of carbonyl (C=O) groups excluding carboxylic acids is 3. The molecule has 2 heterocycles. The van der Waals surface area contributed by atoms with Crippen LogP contribution in [0.25, 0.3) is 22.3 Å². The van der Waals surface area contributed by atoms with E-state index in [1.807, 2.05) is 96.4 Å². The monoisotopic (exact) mass is 813 g/mol. The maximum atomic E-state index is 11.9. The van der Waals surface area contributed by atoms with Gasteiger partial charge in [-0.15, -0.1) is 0 Å². The van der Waals surface area contributed by atoms with Gasteiger partial charge in [0.05, 0.1) is 0 Å². The van der Waals surface area contributed by atoms with Crippen LogP contribution in [0.15, 0.2) is 97.6 Å². The summed E-state index contributed by atoms with van der Waals surface area (Å²) in [6.45, 7) is 12.1. The number of amides is 2. The van der Waals surface area contributed by atoms with Gasteiger partial charge in [-0.05, 0) is 157 Å². The number of nitrogens with two attached hydrogens (primary N) is 1. The minimum atomic E-state index is -0.451. The van der Waals surface area contributed by atoms with Crippen molar-refractivity contribution < 1.29 is 54.8 Å². The van der Waals surface area contributed by atoms with Crippen LogP contribution in [0.3, 0.4) is 0 Å². The van der Waals surface area contributed by atoms with Gasteiger partial charge in [-0.3, -0.25) is 14.8 Å². The third-order valence-electron chi connectivity index (χ3n) is 9.51. The molecule has 0 bridgehead atoms. The topological polar surface area (TPSA) is 158 Å². The fourth-order valence-corrected chi connectivity index (χ4v) is 6.66. The number of aromatic nitrogens is 2. The van der Waals surface area contributed by atoms with Crippen LogP contribution in [0.2, 0.25) is 0 Å². The van der Waals surface area contributed by atoms with E-state index in [1.165, 1.54) is 16.7 Å². The number of aldehydes is 1. The SMILES string of the molecule is CC(C)(C)OC(=O)NC1CCC(N)CC1.CC(C)(C)OC(=O)NC1CCC(NCc2cccc(-c3ccncc3)c2)CC1.O=Cc1cccc(-c2ccncc2)c1.[B].[H-].[Na+]. The molecular formula is C46H63BN6NaO5. The van der Waals surface area contributed by atoms with Crippen LogP contribution >= 0.6 is 0 Å². The van der Waals surface area contributed by atoms with E-state index in [1.54, 1.807) is 18.5 Å². The van der Waals surface area contributed by atoms with Gasteiger partial charge < -0.3 is 32.6 Å². The molecular weight excluding hydrogens is 750 g/mol. The largest absolute Gasteiger partial charge is 1.00 e. The van der Waals surface area contributed by atoms with Crippen molar-refractivity contribution in [1.29, 1.82) is 0 Å². The van der Waals surface area contributed by atoms with Gasteiger partial charge >= 0.3 is 41.7 Å². The Morgan fingerprint density at radius 1 is 0.661 bits per heavy atom. The summed E-state index contributed by atoms with van der Waals surface area (Å²) in [5.41, 5.74) is 11.4. The number of hydrogen-bond donors (Lipinski definition) is 4. The fourth-order valence-electron chi connectivity index (χ4n) is 6.66. The first-order chi connectivity index (χ1) is 27.2. The van der Waals surface area contributed by atoms with Gasteiger partial charge in [0.15, 0.2) is 0 Å². The summed E-state index contributed by atoms with van der Waals surface area (Å²) in [7, 11) is 0. The van der Waals surface area contributed by atoms with Crippen LogP contribution < -0.4 is 51.2 Å². The number of nitrogens with zero attached hydrogens (tertiary/aromatic N) is 2. The summed E-state index contributed by atoms with van der Waals surface area (Å²) in [6.07, 6.45) is 15.3. The van der Waals surface area contributed by atoms with Gasteiger partial charge in [-0.1, -0.05) is 36.4 Å². The minimum Gasteiger partial charge on any atom is -1.00 e. The van der Waals surface area contributed by atoms with Crippen molar-refractivity contribution in [3.63, 3.8) is 0 Å². The van der Waals surface area contributed by atoms with E-state index in [0.29, 0.717) is 17.6 Å². The molecule has 59 heavy (non-hydrogen) atoms. The third kappa shape index (κ3) is 20.2. The number of nitrogens with one attached hydrogen (secondary N) is 3. The third-order valence-corrected chi connectivity index (χ3v) is 9.51. The Labute approximate surface area is 377 Å². The normalized spacial score (nSPS) is 18.6. The van der Waals surface area contributed by atoms with E-state index in [2.05, 4.69) is 50.2 Å². The molecule has 0 atom stereocenters. The molecule has 2 aromatic heterocycles. The summed E-state index contributed by atoms with van der Waals surface area (Å²) >= 11 is 0. The van der Waals surface area contributed by atoms with Crippen molar-refractivity contribution in [3.05, 3.63) is 109 Å². The Morgan fingerprint density at radius 2 is 1.08 bits per heavy atom. The Morgan fingerprint density at radius 3 is 1.54 bits per heavy atom. The molecule has 2 aliphatic rings. The van der Waals surface area contributed by atoms with Crippen LogP contribution in [-0.4, -0.2) is 72.2 Å². The Balaban J connectivity index is 0.000000479. The number of ether oxygens (including phenoxy) is 2. The average Bonchev–Trinajstić information content (AvgIpc) is 3.18. The molecule has 0 saturated heterocycles. The molecule has 311 valence electrons. The van der Waals surface area contributed by atoms with Crippen LogP contribution in [0.1, 0.15) is 110 Å². The van der Waals surface area contributed by atoms with E-state index >= 15 is 0 Å². The average molecular weight is 814 g/mol. The number of rotatable bonds is 8. The van der Waals surface area contributed by atoms with Crippen LogP contribution in [-0.2, 0) is 16.0 Å². The summed E-state index contributed by atoms with van der Waals surface area (Å²) in [4.78, 5) is 42.0. The number of hydrogen-bond acceptors (Lipinski definition) is 9. The van der Waals surface area contributed by atoms with Gasteiger partial charge in [-0.2, -0.15) is 0 Å². The summed E-state index contributed by atoms with van der Waals surface area (Å²) in [6, 6.07) is 25.3. The van der Waals surface area contributed by atoms with E-state index in [-0.39, 0.29) is 63.7 Å². The zero-order chi connectivity index (χ0) is 41.3. The van der Waals surface area contributed by atoms with Crippen molar-refractivity contribution in [1.82, 2.24) is 25.9 Å². The number of pyridine rings is 2. The molecule has 0 spiro atoms. The first kappa shape index (κ1) is 51.1. The molecule has 2 saturated carbocycles.